The molecule has 1 heterocycles. The van der Waals surface area contributed by atoms with Gasteiger partial charge in [-0.1, -0.05) is 20.8 Å². The van der Waals surface area contributed by atoms with Gasteiger partial charge in [0.2, 0.25) is 15.9 Å². The van der Waals surface area contributed by atoms with Crippen LogP contribution in [-0.4, -0.2) is 32.3 Å². The van der Waals surface area contributed by atoms with E-state index >= 15 is 0 Å². The summed E-state index contributed by atoms with van der Waals surface area (Å²) in [5.74, 6) is -0.579. The number of nitrogens with one attached hydrogen (secondary N) is 1. The van der Waals surface area contributed by atoms with E-state index in [2.05, 4.69) is 4.72 Å². The van der Waals surface area contributed by atoms with Gasteiger partial charge in [0.1, 0.15) is 0 Å². The number of carbonyl (C=O) groups is 1. The highest BCUT2D eigenvalue weighted by Gasteiger charge is 2.37. The van der Waals surface area contributed by atoms with Crippen molar-refractivity contribution in [2.45, 2.75) is 51.9 Å². The number of carbonyl (C=O) groups excluding carboxylic acids is 1. The molecule has 0 aromatic rings. The number of amides is 1. The molecule has 0 aliphatic carbocycles. The number of rotatable bonds is 5. The molecule has 1 N–H and O–H groups in total. The molecule has 1 amide bonds. The third-order valence-corrected chi connectivity index (χ3v) is 5.36. The smallest absolute Gasteiger partial charge is 0.239 e. The summed E-state index contributed by atoms with van der Waals surface area (Å²) in [7, 11) is -3.55. The van der Waals surface area contributed by atoms with Crippen molar-refractivity contribution in [1.82, 2.24) is 4.72 Å². The third kappa shape index (κ3) is 3.45. The molecule has 0 bridgehead atoms. The average Bonchev–Trinajstić information content (AvgIpc) is 2.76. The van der Waals surface area contributed by atoms with Crippen LogP contribution in [0.15, 0.2) is 0 Å². The van der Waals surface area contributed by atoms with E-state index in [1.807, 2.05) is 13.8 Å². The summed E-state index contributed by atoms with van der Waals surface area (Å²) < 4.78 is 31.3. The maximum absolute atomic E-state index is 12.0. The van der Waals surface area contributed by atoms with Crippen LogP contribution in [-0.2, 0) is 19.6 Å². The zero-order valence-electron chi connectivity index (χ0n) is 11.5. The van der Waals surface area contributed by atoms with Crippen molar-refractivity contribution in [1.29, 1.82) is 0 Å². The van der Waals surface area contributed by atoms with Crippen molar-refractivity contribution < 1.29 is 17.9 Å². The monoisotopic (exact) mass is 277 g/mol. The SMILES string of the molecule is CCC(C)S(=O)(=O)NC(=O)C1CCOC1C(C)C. The number of hydrogen-bond donors (Lipinski definition) is 1. The topological polar surface area (TPSA) is 72.5 Å². The maximum atomic E-state index is 12.0. The molecule has 6 heteroatoms. The lowest BCUT2D eigenvalue weighted by Gasteiger charge is -2.22. The zero-order valence-corrected chi connectivity index (χ0v) is 12.3. The Bertz CT molecular complexity index is 391. The van der Waals surface area contributed by atoms with Gasteiger partial charge in [-0.3, -0.25) is 9.52 Å². The molecule has 5 nitrogen and oxygen atoms in total. The van der Waals surface area contributed by atoms with Crippen LogP contribution in [0.2, 0.25) is 0 Å². The van der Waals surface area contributed by atoms with Crippen molar-refractivity contribution in [3.63, 3.8) is 0 Å². The van der Waals surface area contributed by atoms with Crippen LogP contribution in [0.3, 0.4) is 0 Å². The van der Waals surface area contributed by atoms with Gasteiger partial charge >= 0.3 is 0 Å². The van der Waals surface area contributed by atoms with E-state index in [1.54, 1.807) is 13.8 Å². The van der Waals surface area contributed by atoms with Gasteiger partial charge in [-0.25, -0.2) is 8.42 Å². The van der Waals surface area contributed by atoms with E-state index in [1.165, 1.54) is 0 Å². The van der Waals surface area contributed by atoms with Crippen LogP contribution < -0.4 is 4.72 Å². The second kappa shape index (κ2) is 6.02. The summed E-state index contributed by atoms with van der Waals surface area (Å²) in [6.07, 6.45) is 0.888. The summed E-state index contributed by atoms with van der Waals surface area (Å²) >= 11 is 0. The van der Waals surface area contributed by atoms with Gasteiger partial charge in [-0.05, 0) is 25.7 Å². The predicted octanol–water partition coefficient (Wildman–Crippen LogP) is 1.29. The fourth-order valence-electron chi connectivity index (χ4n) is 2.08. The maximum Gasteiger partial charge on any atom is 0.239 e. The Labute approximate surface area is 109 Å². The van der Waals surface area contributed by atoms with Crippen LogP contribution >= 0.6 is 0 Å². The van der Waals surface area contributed by atoms with Gasteiger partial charge in [0.15, 0.2) is 0 Å². The minimum Gasteiger partial charge on any atom is -0.377 e. The molecule has 106 valence electrons. The Kier molecular flexibility index (Phi) is 5.16. The molecular formula is C12H23NO4S. The molecule has 0 aromatic heterocycles. The fraction of sp³-hybridized carbons (Fsp3) is 0.917. The van der Waals surface area contributed by atoms with Gasteiger partial charge in [0.25, 0.3) is 0 Å². The Hall–Kier alpha value is -0.620. The minimum atomic E-state index is -3.55. The molecule has 0 spiro atoms. The van der Waals surface area contributed by atoms with E-state index in [-0.39, 0.29) is 17.9 Å². The highest BCUT2D eigenvalue weighted by Crippen LogP contribution is 2.27. The lowest BCUT2D eigenvalue weighted by atomic mass is 9.93. The number of hydrogen-bond acceptors (Lipinski definition) is 4. The molecular weight excluding hydrogens is 254 g/mol. The Balaban J connectivity index is 2.71. The first-order valence-corrected chi connectivity index (χ1v) is 8.01. The van der Waals surface area contributed by atoms with E-state index in [9.17, 15) is 13.2 Å². The molecule has 0 saturated carbocycles. The minimum absolute atomic E-state index is 0.183. The second-order valence-electron chi connectivity index (χ2n) is 5.20. The Morgan fingerprint density at radius 1 is 1.39 bits per heavy atom. The van der Waals surface area contributed by atoms with Crippen LogP contribution in [0.1, 0.15) is 40.5 Å². The van der Waals surface area contributed by atoms with Gasteiger partial charge in [-0.2, -0.15) is 0 Å². The standard InChI is InChI=1S/C12H23NO4S/c1-5-9(4)18(15,16)13-12(14)10-6-7-17-11(10)8(2)3/h8-11H,5-7H2,1-4H3,(H,13,14). The first-order valence-electron chi connectivity index (χ1n) is 6.46. The molecule has 0 aromatic carbocycles. The summed E-state index contributed by atoms with van der Waals surface area (Å²) in [6, 6.07) is 0. The predicted molar refractivity (Wildman–Crippen MR) is 69.5 cm³/mol. The van der Waals surface area contributed by atoms with E-state index < -0.39 is 21.2 Å². The van der Waals surface area contributed by atoms with E-state index in [0.29, 0.717) is 19.4 Å². The summed E-state index contributed by atoms with van der Waals surface area (Å²) in [5.41, 5.74) is 0. The lowest BCUT2D eigenvalue weighted by Crippen LogP contribution is -2.43. The normalized spacial score (nSPS) is 26.3. The van der Waals surface area contributed by atoms with Crippen LogP contribution in [0.4, 0.5) is 0 Å². The van der Waals surface area contributed by atoms with Gasteiger partial charge in [0, 0.05) is 6.61 Å². The largest absolute Gasteiger partial charge is 0.377 e. The molecule has 1 saturated heterocycles. The van der Waals surface area contributed by atoms with Crippen molar-refractivity contribution in [2.24, 2.45) is 11.8 Å². The van der Waals surface area contributed by atoms with Gasteiger partial charge in [0.05, 0.1) is 17.3 Å². The molecule has 1 aliphatic rings. The quantitative estimate of drug-likeness (QED) is 0.822. The molecule has 18 heavy (non-hydrogen) atoms. The molecule has 3 unspecified atom stereocenters. The lowest BCUT2D eigenvalue weighted by molar-refractivity contribution is -0.125. The molecule has 3 atom stereocenters. The van der Waals surface area contributed by atoms with Gasteiger partial charge in [-0.15, -0.1) is 0 Å². The summed E-state index contributed by atoms with van der Waals surface area (Å²) in [5, 5.41) is -0.554. The summed E-state index contributed by atoms with van der Waals surface area (Å²) in [6.45, 7) is 7.84. The number of sulfonamides is 1. The van der Waals surface area contributed by atoms with Gasteiger partial charge < -0.3 is 4.74 Å². The van der Waals surface area contributed by atoms with Crippen LogP contribution in [0.5, 0.6) is 0 Å². The highest BCUT2D eigenvalue weighted by atomic mass is 32.2. The molecule has 1 fully saturated rings. The molecule has 1 rings (SSSR count). The number of ether oxygens (including phenoxy) is 1. The average molecular weight is 277 g/mol. The van der Waals surface area contributed by atoms with Crippen LogP contribution in [0.25, 0.3) is 0 Å². The van der Waals surface area contributed by atoms with Crippen molar-refractivity contribution >= 4 is 15.9 Å². The van der Waals surface area contributed by atoms with Crippen molar-refractivity contribution in [2.75, 3.05) is 6.61 Å². The Morgan fingerprint density at radius 3 is 2.50 bits per heavy atom. The summed E-state index contributed by atoms with van der Waals surface area (Å²) in [4.78, 5) is 12.0. The first-order chi connectivity index (χ1) is 8.29. The molecule has 1 aliphatic heterocycles. The van der Waals surface area contributed by atoms with Crippen LogP contribution in [0, 0.1) is 11.8 Å². The first kappa shape index (κ1) is 15.4. The Morgan fingerprint density at radius 2 is 2.00 bits per heavy atom. The van der Waals surface area contributed by atoms with Crippen molar-refractivity contribution in [3.8, 4) is 0 Å². The zero-order chi connectivity index (χ0) is 13.9. The highest BCUT2D eigenvalue weighted by molar-refractivity contribution is 7.90. The van der Waals surface area contributed by atoms with E-state index in [0.717, 1.165) is 0 Å². The fourth-order valence-corrected chi connectivity index (χ4v) is 3.16. The molecule has 0 radical (unpaired) electrons. The van der Waals surface area contributed by atoms with Crippen molar-refractivity contribution in [3.05, 3.63) is 0 Å². The third-order valence-electron chi connectivity index (χ3n) is 3.48. The second-order valence-corrected chi connectivity index (χ2v) is 7.30. The van der Waals surface area contributed by atoms with E-state index in [4.69, 9.17) is 4.74 Å².